The highest BCUT2D eigenvalue weighted by Crippen LogP contribution is 2.41. The minimum atomic E-state index is 0.438. The first kappa shape index (κ1) is 19.3. The summed E-state index contributed by atoms with van der Waals surface area (Å²) in [5, 5.41) is 6.90. The van der Waals surface area contributed by atoms with Gasteiger partial charge in [0.2, 0.25) is 0 Å². The van der Waals surface area contributed by atoms with Crippen molar-refractivity contribution in [2.45, 2.75) is 6.04 Å². The number of benzene rings is 3. The van der Waals surface area contributed by atoms with E-state index in [2.05, 4.69) is 87.7 Å². The van der Waals surface area contributed by atoms with Gasteiger partial charge < -0.3 is 4.90 Å². The molecule has 0 unspecified atom stereocenters. The molecule has 0 radical (unpaired) electrons. The van der Waals surface area contributed by atoms with Crippen LogP contribution >= 0.6 is 15.9 Å². The summed E-state index contributed by atoms with van der Waals surface area (Å²) < 4.78 is 0.988. The van der Waals surface area contributed by atoms with Gasteiger partial charge in [-0.25, -0.2) is 0 Å². The number of hydrogen-bond acceptors (Lipinski definition) is 2. The van der Waals surface area contributed by atoms with Crippen LogP contribution in [0.4, 0.5) is 0 Å². The Labute approximate surface area is 186 Å². The van der Waals surface area contributed by atoms with E-state index in [1.165, 1.54) is 27.8 Å². The van der Waals surface area contributed by atoms with E-state index >= 15 is 0 Å². The molecule has 3 nitrogen and oxygen atoms in total. The fourth-order valence-electron chi connectivity index (χ4n) is 4.66. The maximum atomic E-state index is 4.71. The molecule has 0 amide bonds. The lowest BCUT2D eigenvalue weighted by atomic mass is 10.0. The average molecular weight is 459 g/mol. The van der Waals surface area contributed by atoms with Gasteiger partial charge in [0, 0.05) is 15.6 Å². The molecule has 4 heteroatoms. The van der Waals surface area contributed by atoms with Gasteiger partial charge >= 0.3 is 0 Å². The molecule has 5 rings (SSSR count). The lowest BCUT2D eigenvalue weighted by Gasteiger charge is -2.34. The molecule has 1 fully saturated rings. The predicted molar refractivity (Wildman–Crippen MR) is 128 cm³/mol. The third kappa shape index (κ3) is 3.85. The fraction of sp³-hybridized carbons (Fsp3) is 0.192. The first-order chi connectivity index (χ1) is 14.8. The number of halogens is 1. The molecular formula is C26H25BrN3+. The van der Waals surface area contributed by atoms with E-state index < -0.39 is 0 Å². The SMILES string of the molecule is BrC(/C=N\N1CC[NH+](C2c3ccccc3-c3ccccc32)CC1)=C\c1ccccc1. The fourth-order valence-corrected chi connectivity index (χ4v) is 5.02. The zero-order valence-corrected chi connectivity index (χ0v) is 18.4. The molecule has 30 heavy (non-hydrogen) atoms. The number of fused-ring (bicyclic) bond motifs is 3. The van der Waals surface area contributed by atoms with Gasteiger partial charge in [-0.3, -0.25) is 5.01 Å². The minimum absolute atomic E-state index is 0.438. The van der Waals surface area contributed by atoms with Crippen LogP contribution in [0, 0.1) is 0 Å². The normalized spacial score (nSPS) is 17.4. The van der Waals surface area contributed by atoms with E-state index in [1.54, 1.807) is 4.90 Å². The third-order valence-electron chi connectivity index (χ3n) is 6.07. The van der Waals surface area contributed by atoms with Crippen molar-refractivity contribution in [3.63, 3.8) is 0 Å². The molecule has 150 valence electrons. The van der Waals surface area contributed by atoms with Crippen molar-refractivity contribution in [3.05, 3.63) is 100 Å². The molecule has 1 aliphatic carbocycles. The molecule has 3 aromatic carbocycles. The predicted octanol–water partition coefficient (Wildman–Crippen LogP) is 4.38. The van der Waals surface area contributed by atoms with E-state index in [0.29, 0.717) is 6.04 Å². The molecule has 1 aliphatic heterocycles. The maximum absolute atomic E-state index is 4.71. The van der Waals surface area contributed by atoms with E-state index in [1.807, 2.05) is 24.4 Å². The Morgan fingerprint density at radius 2 is 1.40 bits per heavy atom. The van der Waals surface area contributed by atoms with Crippen molar-refractivity contribution in [3.8, 4) is 11.1 Å². The largest absolute Gasteiger partial charge is 0.322 e. The summed E-state index contributed by atoms with van der Waals surface area (Å²) in [6, 6.07) is 28.6. The molecule has 0 bridgehead atoms. The maximum Gasteiger partial charge on any atom is 0.140 e. The zero-order valence-electron chi connectivity index (χ0n) is 16.8. The van der Waals surface area contributed by atoms with Crippen molar-refractivity contribution in [2.24, 2.45) is 5.10 Å². The molecule has 0 spiro atoms. The summed E-state index contributed by atoms with van der Waals surface area (Å²) in [6.07, 6.45) is 4.01. The Morgan fingerprint density at radius 3 is 2.03 bits per heavy atom. The highest BCUT2D eigenvalue weighted by atomic mass is 79.9. The molecule has 1 saturated heterocycles. The Balaban J connectivity index is 1.27. The molecule has 2 aliphatic rings. The minimum Gasteiger partial charge on any atom is -0.322 e. The first-order valence-electron chi connectivity index (χ1n) is 10.5. The standard InChI is InChI=1S/C26H24BrN3/c27-21(18-20-8-2-1-3-9-20)19-28-30-16-14-29(15-17-30)26-24-12-6-4-10-22(24)23-11-5-7-13-25(23)26/h1-13,18-19,26H,14-17H2/p+1/b21-18-,28-19-. The Hall–Kier alpha value is -2.69. The van der Waals surface area contributed by atoms with Gasteiger partial charge in [0.1, 0.15) is 6.04 Å². The highest BCUT2D eigenvalue weighted by molar-refractivity contribution is 9.12. The van der Waals surface area contributed by atoms with Crippen molar-refractivity contribution in [2.75, 3.05) is 26.2 Å². The second-order valence-corrected chi connectivity index (χ2v) is 8.82. The third-order valence-corrected chi connectivity index (χ3v) is 6.51. The summed E-state index contributed by atoms with van der Waals surface area (Å²) in [5.74, 6) is 0. The molecule has 0 aromatic heterocycles. The van der Waals surface area contributed by atoms with Gasteiger partial charge in [-0.1, -0.05) is 78.9 Å². The number of piperazine rings is 1. The molecule has 3 aromatic rings. The monoisotopic (exact) mass is 458 g/mol. The molecule has 1 N–H and O–H groups in total. The van der Waals surface area contributed by atoms with Gasteiger partial charge in [-0.2, -0.15) is 5.10 Å². The number of quaternary nitrogens is 1. The zero-order chi connectivity index (χ0) is 20.3. The van der Waals surface area contributed by atoms with Crippen molar-refractivity contribution >= 4 is 28.2 Å². The van der Waals surface area contributed by atoms with Crippen LogP contribution in [0.2, 0.25) is 0 Å². The van der Waals surface area contributed by atoms with E-state index in [4.69, 9.17) is 5.10 Å². The number of nitrogens with zero attached hydrogens (tertiary/aromatic N) is 2. The topological polar surface area (TPSA) is 20.0 Å². The smallest absolute Gasteiger partial charge is 0.140 e. The van der Waals surface area contributed by atoms with Crippen LogP contribution in [0.5, 0.6) is 0 Å². The Bertz CT molecular complexity index is 1040. The first-order valence-corrected chi connectivity index (χ1v) is 11.3. The lowest BCUT2D eigenvalue weighted by molar-refractivity contribution is -0.929. The number of hydrogen-bond donors (Lipinski definition) is 1. The summed E-state index contributed by atoms with van der Waals surface area (Å²) in [4.78, 5) is 1.64. The quantitative estimate of drug-likeness (QED) is 0.575. The molecule has 1 heterocycles. The molecule has 0 atom stereocenters. The van der Waals surface area contributed by atoms with Gasteiger partial charge in [0.15, 0.2) is 0 Å². The molecular weight excluding hydrogens is 434 g/mol. The second-order valence-electron chi connectivity index (χ2n) is 7.90. The number of hydrazone groups is 1. The van der Waals surface area contributed by atoms with Crippen LogP contribution in [0.25, 0.3) is 17.2 Å². The average Bonchev–Trinajstić information content (AvgIpc) is 3.13. The molecule has 0 saturated carbocycles. The van der Waals surface area contributed by atoms with Gasteiger partial charge in [-0.05, 0) is 38.7 Å². The van der Waals surface area contributed by atoms with Crippen molar-refractivity contribution < 1.29 is 4.90 Å². The van der Waals surface area contributed by atoms with Crippen LogP contribution in [0.3, 0.4) is 0 Å². The number of rotatable bonds is 4. The lowest BCUT2D eigenvalue weighted by Crippen LogP contribution is -3.14. The summed E-state index contributed by atoms with van der Waals surface area (Å²) in [5.41, 5.74) is 6.92. The van der Waals surface area contributed by atoms with Gasteiger partial charge in [-0.15, -0.1) is 0 Å². The second kappa shape index (κ2) is 8.58. The highest BCUT2D eigenvalue weighted by Gasteiger charge is 2.37. The van der Waals surface area contributed by atoms with Crippen LogP contribution in [-0.4, -0.2) is 37.4 Å². The van der Waals surface area contributed by atoms with Gasteiger partial charge in [0.25, 0.3) is 0 Å². The summed E-state index contributed by atoms with van der Waals surface area (Å²) in [7, 11) is 0. The Morgan fingerprint density at radius 1 is 0.833 bits per heavy atom. The van der Waals surface area contributed by atoms with Crippen LogP contribution in [-0.2, 0) is 0 Å². The van der Waals surface area contributed by atoms with Crippen LogP contribution in [0.1, 0.15) is 22.7 Å². The number of allylic oxidation sites excluding steroid dienone is 1. The van der Waals surface area contributed by atoms with Crippen molar-refractivity contribution in [1.29, 1.82) is 0 Å². The summed E-state index contributed by atoms with van der Waals surface area (Å²) >= 11 is 3.62. The van der Waals surface area contributed by atoms with Crippen LogP contribution < -0.4 is 4.90 Å². The van der Waals surface area contributed by atoms with E-state index in [0.717, 1.165) is 30.7 Å². The number of nitrogens with one attached hydrogen (secondary N) is 1. The van der Waals surface area contributed by atoms with Crippen LogP contribution in [0.15, 0.2) is 88.4 Å². The van der Waals surface area contributed by atoms with Crippen molar-refractivity contribution in [1.82, 2.24) is 5.01 Å². The van der Waals surface area contributed by atoms with Gasteiger partial charge in [0.05, 0.1) is 32.4 Å². The Kier molecular flexibility index (Phi) is 5.52. The van der Waals surface area contributed by atoms with E-state index in [-0.39, 0.29) is 0 Å². The van der Waals surface area contributed by atoms with E-state index in [9.17, 15) is 0 Å². The summed E-state index contributed by atoms with van der Waals surface area (Å²) in [6.45, 7) is 4.12.